The van der Waals surface area contributed by atoms with Crippen LogP contribution < -0.4 is 5.32 Å². The number of carbonyl (C=O) groups excluding carboxylic acids is 2. The largest absolute Gasteiger partial charge is 0.349 e. The first-order chi connectivity index (χ1) is 13.2. The van der Waals surface area contributed by atoms with E-state index in [1.54, 1.807) is 18.2 Å². The van der Waals surface area contributed by atoms with Crippen molar-refractivity contribution in [1.82, 2.24) is 10.2 Å². The summed E-state index contributed by atoms with van der Waals surface area (Å²) >= 11 is 6.37. The average molecular weight is 441 g/mol. The Bertz CT molecular complexity index is 988. The predicted octanol–water partition coefficient (Wildman–Crippen LogP) is 2.23. The van der Waals surface area contributed by atoms with E-state index in [1.165, 1.54) is 23.1 Å². The molecule has 2 aliphatic rings. The summed E-state index contributed by atoms with van der Waals surface area (Å²) in [5.74, 6) is -1.07. The van der Waals surface area contributed by atoms with Gasteiger partial charge in [0.15, 0.2) is 9.84 Å². The summed E-state index contributed by atoms with van der Waals surface area (Å²) in [6.07, 6.45) is 3.56. The van der Waals surface area contributed by atoms with E-state index >= 15 is 0 Å². The van der Waals surface area contributed by atoms with Gasteiger partial charge in [-0.25, -0.2) is 12.8 Å². The van der Waals surface area contributed by atoms with Crippen LogP contribution in [0.1, 0.15) is 18.4 Å². The Labute approximate surface area is 171 Å². The lowest BCUT2D eigenvalue weighted by molar-refractivity contribution is -0.124. The molecule has 0 bridgehead atoms. The van der Waals surface area contributed by atoms with Crippen molar-refractivity contribution in [3.8, 4) is 0 Å². The molecule has 2 aliphatic heterocycles. The zero-order valence-corrected chi connectivity index (χ0v) is 17.1. The Hall–Kier alpha value is -2.04. The fraction of sp³-hybridized carbons (Fsp3) is 0.278. The maximum absolute atomic E-state index is 13.3. The average Bonchev–Trinajstić information content (AvgIpc) is 3.08. The minimum Gasteiger partial charge on any atom is -0.349 e. The van der Waals surface area contributed by atoms with Crippen molar-refractivity contribution in [3.63, 3.8) is 0 Å². The first-order valence-corrected chi connectivity index (χ1v) is 11.4. The van der Waals surface area contributed by atoms with Crippen molar-refractivity contribution >= 4 is 56.0 Å². The van der Waals surface area contributed by atoms with Gasteiger partial charge in [0.05, 0.1) is 16.7 Å². The third-order valence-corrected chi connectivity index (χ3v) is 6.86. The molecule has 1 atom stereocenters. The van der Waals surface area contributed by atoms with Gasteiger partial charge in [0.1, 0.15) is 10.1 Å². The van der Waals surface area contributed by atoms with Gasteiger partial charge in [-0.3, -0.25) is 14.5 Å². The second kappa shape index (κ2) is 8.54. The van der Waals surface area contributed by atoms with Crippen molar-refractivity contribution < 1.29 is 22.4 Å². The SMILES string of the molecule is O=C(CCCN1C(=O)/C(=C/c2cccc(F)c2)SC1=S)NC1C=CS(=O)(=O)C1. The number of halogens is 1. The zero-order valence-electron chi connectivity index (χ0n) is 14.6. The summed E-state index contributed by atoms with van der Waals surface area (Å²) in [4.78, 5) is 26.3. The second-order valence-corrected chi connectivity index (χ2v) is 9.93. The summed E-state index contributed by atoms with van der Waals surface area (Å²) in [6, 6.07) is 5.39. The highest BCUT2D eigenvalue weighted by Gasteiger charge is 2.31. The number of hydrogen-bond acceptors (Lipinski definition) is 6. The van der Waals surface area contributed by atoms with Crippen LogP contribution >= 0.6 is 24.0 Å². The van der Waals surface area contributed by atoms with Crippen LogP contribution in [0.2, 0.25) is 0 Å². The lowest BCUT2D eigenvalue weighted by Crippen LogP contribution is -2.36. The molecule has 1 N–H and O–H groups in total. The molecule has 2 amide bonds. The van der Waals surface area contributed by atoms with Gasteiger partial charge in [-0.1, -0.05) is 36.1 Å². The molecule has 1 unspecified atom stereocenters. The first-order valence-electron chi connectivity index (χ1n) is 8.45. The second-order valence-electron chi connectivity index (χ2n) is 6.32. The van der Waals surface area contributed by atoms with E-state index in [2.05, 4.69) is 5.32 Å². The van der Waals surface area contributed by atoms with Gasteiger partial charge >= 0.3 is 0 Å². The van der Waals surface area contributed by atoms with Gasteiger partial charge in [-0.15, -0.1) is 0 Å². The monoisotopic (exact) mass is 440 g/mol. The topological polar surface area (TPSA) is 83.6 Å². The van der Waals surface area contributed by atoms with Crippen molar-refractivity contribution in [1.29, 1.82) is 0 Å². The molecular formula is C18H17FN2O4S3. The quantitative estimate of drug-likeness (QED) is 0.540. The van der Waals surface area contributed by atoms with Gasteiger partial charge in [-0.2, -0.15) is 0 Å². The number of hydrogen-bond donors (Lipinski definition) is 1. The number of rotatable bonds is 6. The molecule has 0 aromatic heterocycles. The zero-order chi connectivity index (χ0) is 20.3. The maximum atomic E-state index is 13.3. The summed E-state index contributed by atoms with van der Waals surface area (Å²) in [7, 11) is -3.22. The number of nitrogens with zero attached hydrogens (tertiary/aromatic N) is 1. The maximum Gasteiger partial charge on any atom is 0.266 e. The van der Waals surface area contributed by atoms with Crippen LogP contribution in [-0.4, -0.2) is 47.8 Å². The molecule has 1 aromatic carbocycles. The molecule has 0 radical (unpaired) electrons. The Morgan fingerprint density at radius 1 is 1.43 bits per heavy atom. The lowest BCUT2D eigenvalue weighted by Gasteiger charge is -2.15. The van der Waals surface area contributed by atoms with Crippen molar-refractivity contribution in [2.75, 3.05) is 12.3 Å². The van der Waals surface area contributed by atoms with Gasteiger partial charge in [0, 0.05) is 18.4 Å². The summed E-state index contributed by atoms with van der Waals surface area (Å²) < 4.78 is 36.4. The van der Waals surface area contributed by atoms with E-state index < -0.39 is 15.9 Å². The number of amides is 2. The Kier molecular flexibility index (Phi) is 6.31. The Balaban J connectivity index is 1.51. The summed E-state index contributed by atoms with van der Waals surface area (Å²) in [5.41, 5.74) is 0.569. The highest BCUT2D eigenvalue weighted by molar-refractivity contribution is 8.26. The van der Waals surface area contributed by atoms with Crippen LogP contribution in [-0.2, 0) is 19.4 Å². The number of benzene rings is 1. The Morgan fingerprint density at radius 3 is 2.89 bits per heavy atom. The molecule has 1 fully saturated rings. The van der Waals surface area contributed by atoms with Crippen LogP contribution in [0.25, 0.3) is 6.08 Å². The van der Waals surface area contributed by atoms with Crippen LogP contribution in [0.3, 0.4) is 0 Å². The van der Waals surface area contributed by atoms with E-state index in [-0.39, 0.29) is 36.4 Å². The molecule has 6 nitrogen and oxygen atoms in total. The molecule has 1 saturated heterocycles. The number of thioether (sulfide) groups is 1. The molecular weight excluding hydrogens is 423 g/mol. The van der Waals surface area contributed by atoms with Gasteiger partial charge in [0.25, 0.3) is 5.91 Å². The molecule has 0 spiro atoms. The fourth-order valence-electron chi connectivity index (χ4n) is 2.78. The minimum atomic E-state index is -3.22. The highest BCUT2D eigenvalue weighted by Crippen LogP contribution is 2.32. The molecule has 2 heterocycles. The van der Waals surface area contributed by atoms with Crippen molar-refractivity contribution in [2.45, 2.75) is 18.9 Å². The van der Waals surface area contributed by atoms with E-state index in [0.29, 0.717) is 21.2 Å². The molecule has 28 heavy (non-hydrogen) atoms. The standard InChI is InChI=1S/C18H17FN2O4S3/c19-13-4-1-3-12(9-13)10-15-17(23)21(18(26)27-15)7-2-5-16(22)20-14-6-8-28(24,25)11-14/h1,3-4,6,8-10,14H,2,5,7,11H2,(H,20,22)/b15-10-. The van der Waals surface area contributed by atoms with Crippen LogP contribution in [0.5, 0.6) is 0 Å². The molecule has 0 saturated carbocycles. The number of thiocarbonyl (C=S) groups is 1. The summed E-state index contributed by atoms with van der Waals surface area (Å²) in [5, 5.41) is 3.74. The minimum absolute atomic E-state index is 0.127. The highest BCUT2D eigenvalue weighted by atomic mass is 32.2. The molecule has 0 aliphatic carbocycles. The first kappa shape index (κ1) is 20.7. The molecule has 148 valence electrons. The van der Waals surface area contributed by atoms with Crippen LogP contribution in [0, 0.1) is 5.82 Å². The molecule has 1 aromatic rings. The van der Waals surface area contributed by atoms with Crippen LogP contribution in [0.4, 0.5) is 4.39 Å². The van der Waals surface area contributed by atoms with Crippen molar-refractivity contribution in [2.24, 2.45) is 0 Å². The van der Waals surface area contributed by atoms with Crippen molar-refractivity contribution in [3.05, 3.63) is 52.0 Å². The van der Waals surface area contributed by atoms with E-state index in [4.69, 9.17) is 12.2 Å². The normalized spacial score (nSPS) is 22.2. The van der Waals surface area contributed by atoms with E-state index in [9.17, 15) is 22.4 Å². The summed E-state index contributed by atoms with van der Waals surface area (Å²) in [6.45, 7) is 0.275. The van der Waals surface area contributed by atoms with Crippen LogP contribution in [0.15, 0.2) is 40.7 Å². The molecule has 10 heteroatoms. The van der Waals surface area contributed by atoms with Gasteiger partial charge in [-0.05, 0) is 36.3 Å². The third kappa shape index (κ3) is 5.27. The lowest BCUT2D eigenvalue weighted by atomic mass is 10.2. The van der Waals surface area contributed by atoms with Gasteiger partial charge in [0.2, 0.25) is 5.91 Å². The van der Waals surface area contributed by atoms with E-state index in [1.807, 2.05) is 0 Å². The number of nitrogens with one attached hydrogen (secondary N) is 1. The number of sulfone groups is 1. The van der Waals surface area contributed by atoms with E-state index in [0.717, 1.165) is 17.2 Å². The predicted molar refractivity (Wildman–Crippen MR) is 110 cm³/mol. The van der Waals surface area contributed by atoms with Gasteiger partial charge < -0.3 is 5.32 Å². The smallest absolute Gasteiger partial charge is 0.266 e. The fourth-order valence-corrected chi connectivity index (χ4v) is 5.33. The number of carbonyl (C=O) groups is 2. The molecule has 3 rings (SSSR count). The Morgan fingerprint density at radius 2 is 2.21 bits per heavy atom. The third-order valence-electron chi connectivity index (χ3n) is 4.08.